The van der Waals surface area contributed by atoms with Gasteiger partial charge in [0.1, 0.15) is 12.6 Å². The van der Waals surface area contributed by atoms with Gasteiger partial charge in [0.05, 0.1) is 17.6 Å². The van der Waals surface area contributed by atoms with Crippen LogP contribution in [-0.4, -0.2) is 36.6 Å². The van der Waals surface area contributed by atoms with E-state index in [9.17, 15) is 14.9 Å². The van der Waals surface area contributed by atoms with Crippen molar-refractivity contribution < 1.29 is 14.5 Å². The zero-order chi connectivity index (χ0) is 13.7. The highest BCUT2D eigenvalue weighted by atomic mass is 16.6. The number of carbonyl (C=O) groups is 1. The van der Waals surface area contributed by atoms with Crippen molar-refractivity contribution in [3.8, 4) is 6.07 Å². The summed E-state index contributed by atoms with van der Waals surface area (Å²) in [5.74, 6) is -0.539. The fourth-order valence-corrected chi connectivity index (χ4v) is 1.27. The van der Waals surface area contributed by atoms with E-state index in [0.29, 0.717) is 0 Å². The van der Waals surface area contributed by atoms with Crippen LogP contribution in [0.25, 0.3) is 0 Å². The molecule has 0 atom stereocenters. The number of ether oxygens (including phenoxy) is 1. The molecule has 0 saturated carbocycles. The molecule has 94 valence electrons. The first-order valence-electron chi connectivity index (χ1n) is 4.82. The predicted octanol–water partition coefficient (Wildman–Crippen LogP) is 0.471. The maximum Gasteiger partial charge on any atom is 0.325 e. The van der Waals surface area contributed by atoms with Gasteiger partial charge in [0.15, 0.2) is 0 Å². The Morgan fingerprint density at radius 1 is 1.72 bits per heavy atom. The quantitative estimate of drug-likeness (QED) is 0.434. The fourth-order valence-electron chi connectivity index (χ4n) is 1.27. The summed E-state index contributed by atoms with van der Waals surface area (Å²) in [4.78, 5) is 26.4. The Morgan fingerprint density at radius 3 is 2.89 bits per heavy atom. The predicted molar refractivity (Wildman–Crippen MR) is 60.9 cm³/mol. The van der Waals surface area contributed by atoms with E-state index in [4.69, 9.17) is 5.26 Å². The van der Waals surface area contributed by atoms with Crippen molar-refractivity contribution in [1.29, 1.82) is 5.26 Å². The summed E-state index contributed by atoms with van der Waals surface area (Å²) >= 11 is 0. The zero-order valence-electron chi connectivity index (χ0n) is 9.78. The molecule has 0 spiro atoms. The summed E-state index contributed by atoms with van der Waals surface area (Å²) in [6.45, 7) is -0.170. The molecule has 0 aromatic carbocycles. The van der Waals surface area contributed by atoms with Crippen molar-refractivity contribution in [1.82, 2.24) is 4.98 Å². The van der Waals surface area contributed by atoms with E-state index in [1.165, 1.54) is 25.3 Å². The molecule has 18 heavy (non-hydrogen) atoms. The van der Waals surface area contributed by atoms with Crippen LogP contribution in [0.3, 0.4) is 0 Å². The van der Waals surface area contributed by atoms with Crippen LogP contribution in [0.5, 0.6) is 0 Å². The van der Waals surface area contributed by atoms with E-state index < -0.39 is 10.9 Å². The number of methoxy groups -OCH3 is 1. The van der Waals surface area contributed by atoms with Crippen LogP contribution < -0.4 is 4.90 Å². The Kier molecular flexibility index (Phi) is 4.15. The summed E-state index contributed by atoms with van der Waals surface area (Å²) in [7, 11) is 2.69. The molecule has 0 aliphatic heterocycles. The molecule has 1 rings (SSSR count). The maximum atomic E-state index is 11.1. The van der Waals surface area contributed by atoms with Gasteiger partial charge in [-0.2, -0.15) is 5.26 Å². The molecule has 0 radical (unpaired) electrons. The number of likely N-dealkylation sites (N-methyl/N-ethyl adjacent to an activating group) is 1. The molecule has 0 unspecified atom stereocenters. The van der Waals surface area contributed by atoms with E-state index in [1.54, 1.807) is 6.07 Å². The van der Waals surface area contributed by atoms with E-state index in [2.05, 4.69) is 9.72 Å². The zero-order valence-corrected chi connectivity index (χ0v) is 9.78. The minimum absolute atomic E-state index is 0.00407. The molecular formula is C10H10N4O4. The highest BCUT2D eigenvalue weighted by molar-refractivity contribution is 5.76. The van der Waals surface area contributed by atoms with Gasteiger partial charge in [-0.3, -0.25) is 14.9 Å². The van der Waals surface area contributed by atoms with Crippen LogP contribution in [0.2, 0.25) is 0 Å². The van der Waals surface area contributed by atoms with Crippen LogP contribution >= 0.6 is 0 Å². The third-order valence-corrected chi connectivity index (χ3v) is 2.13. The highest BCUT2D eigenvalue weighted by Crippen LogP contribution is 2.25. The van der Waals surface area contributed by atoms with Crippen molar-refractivity contribution in [3.05, 3.63) is 27.9 Å². The summed E-state index contributed by atoms with van der Waals surface area (Å²) < 4.78 is 4.46. The second-order valence-electron chi connectivity index (χ2n) is 3.37. The van der Waals surface area contributed by atoms with E-state index in [1.807, 2.05) is 0 Å². The molecule has 0 N–H and O–H groups in total. The molecule has 8 heteroatoms. The number of carbonyl (C=O) groups excluding carboxylic acids is 1. The smallest absolute Gasteiger partial charge is 0.325 e. The number of nitrogens with zero attached hydrogens (tertiary/aromatic N) is 4. The van der Waals surface area contributed by atoms with Crippen LogP contribution in [0.1, 0.15) is 5.56 Å². The number of anilines is 1. The van der Waals surface area contributed by atoms with Crippen molar-refractivity contribution in [2.45, 2.75) is 0 Å². The molecule has 8 nitrogen and oxygen atoms in total. The molecule has 1 heterocycles. The number of aromatic nitrogens is 1. The molecule has 0 fully saturated rings. The number of hydrogen-bond acceptors (Lipinski definition) is 7. The second-order valence-corrected chi connectivity index (χ2v) is 3.37. The average molecular weight is 250 g/mol. The molecule has 0 aliphatic carbocycles. The maximum absolute atomic E-state index is 11.1. The van der Waals surface area contributed by atoms with Crippen LogP contribution in [0, 0.1) is 21.4 Å². The lowest BCUT2D eigenvalue weighted by atomic mass is 10.2. The molecule has 1 aromatic heterocycles. The number of pyridine rings is 1. The largest absolute Gasteiger partial charge is 0.468 e. The topological polar surface area (TPSA) is 109 Å². The van der Waals surface area contributed by atoms with Crippen LogP contribution in [0.4, 0.5) is 11.5 Å². The van der Waals surface area contributed by atoms with Gasteiger partial charge in [-0.05, 0) is 0 Å². The minimum atomic E-state index is -0.656. The van der Waals surface area contributed by atoms with E-state index >= 15 is 0 Å². The first kappa shape index (κ1) is 13.4. The monoisotopic (exact) mass is 250 g/mol. The van der Waals surface area contributed by atoms with Crippen molar-refractivity contribution in [2.24, 2.45) is 0 Å². The number of hydrogen-bond donors (Lipinski definition) is 0. The first-order valence-corrected chi connectivity index (χ1v) is 4.82. The average Bonchev–Trinajstić information content (AvgIpc) is 2.37. The summed E-state index contributed by atoms with van der Waals surface area (Å²) in [6.07, 6.45) is 1.20. The molecule has 0 aliphatic rings. The van der Waals surface area contributed by atoms with Gasteiger partial charge in [-0.1, -0.05) is 0 Å². The highest BCUT2D eigenvalue weighted by Gasteiger charge is 2.21. The second kappa shape index (κ2) is 5.58. The van der Waals surface area contributed by atoms with Gasteiger partial charge in [0.25, 0.3) is 0 Å². The fraction of sp³-hybridized carbons (Fsp3) is 0.300. The first-order chi connectivity index (χ1) is 8.49. The number of nitriles is 1. The van der Waals surface area contributed by atoms with Crippen molar-refractivity contribution in [2.75, 3.05) is 25.6 Å². The lowest BCUT2D eigenvalue weighted by molar-refractivity contribution is -0.384. The Labute approximate surface area is 103 Å². The summed E-state index contributed by atoms with van der Waals surface area (Å²) in [6, 6.07) is 2.87. The molecule has 1 aromatic rings. The number of esters is 1. The molecule has 0 saturated heterocycles. The summed E-state index contributed by atoms with van der Waals surface area (Å²) in [5, 5.41) is 19.5. The minimum Gasteiger partial charge on any atom is -0.468 e. The van der Waals surface area contributed by atoms with Crippen molar-refractivity contribution in [3.63, 3.8) is 0 Å². The third kappa shape index (κ3) is 2.91. The van der Waals surface area contributed by atoms with Crippen LogP contribution in [0.15, 0.2) is 12.3 Å². The Bertz CT molecular complexity index is 523. The number of rotatable bonds is 4. The van der Waals surface area contributed by atoms with Gasteiger partial charge in [-0.25, -0.2) is 4.98 Å². The lowest BCUT2D eigenvalue weighted by Gasteiger charge is -2.16. The van der Waals surface area contributed by atoms with E-state index in [-0.39, 0.29) is 23.6 Å². The van der Waals surface area contributed by atoms with E-state index in [0.717, 1.165) is 6.07 Å². The molecular weight excluding hydrogens is 240 g/mol. The van der Waals surface area contributed by atoms with Gasteiger partial charge in [0, 0.05) is 19.3 Å². The molecule has 0 amide bonds. The SMILES string of the molecule is COC(=O)CN(C)c1ncc(C#N)cc1[N+](=O)[O-]. The summed E-state index contributed by atoms with van der Waals surface area (Å²) in [5.41, 5.74) is -0.252. The van der Waals surface area contributed by atoms with Gasteiger partial charge >= 0.3 is 11.7 Å². The van der Waals surface area contributed by atoms with Crippen LogP contribution in [-0.2, 0) is 9.53 Å². The number of nitro groups is 1. The lowest BCUT2D eigenvalue weighted by Crippen LogP contribution is -2.27. The Morgan fingerprint density at radius 2 is 2.39 bits per heavy atom. The van der Waals surface area contributed by atoms with Crippen molar-refractivity contribution >= 4 is 17.5 Å². The van der Waals surface area contributed by atoms with Gasteiger partial charge in [0.2, 0.25) is 5.82 Å². The normalized spacial score (nSPS) is 9.39. The standard InChI is InChI=1S/C10H10N4O4/c1-13(6-9(15)18-2)10-8(14(16)17)3-7(4-11)5-12-10/h3,5H,6H2,1-2H3. The van der Waals surface area contributed by atoms with Gasteiger partial charge < -0.3 is 9.64 Å². The molecule has 0 bridgehead atoms. The third-order valence-electron chi connectivity index (χ3n) is 2.13. The Balaban J connectivity index is 3.12. The van der Waals surface area contributed by atoms with Gasteiger partial charge in [-0.15, -0.1) is 0 Å². The Hall–Kier alpha value is -2.69.